The second kappa shape index (κ2) is 4.99. The SMILES string of the molecule is CCCCn1c(C(=O)O)cc2c(=O)n(C)c(=O)n(C)c21. The molecule has 0 fully saturated rings. The van der Waals surface area contributed by atoms with Crippen LogP contribution < -0.4 is 11.2 Å². The Labute approximate surface area is 114 Å². The molecule has 0 aromatic carbocycles. The monoisotopic (exact) mass is 279 g/mol. The number of aromatic nitrogens is 3. The topological polar surface area (TPSA) is 86.2 Å². The maximum absolute atomic E-state index is 12.1. The Balaban J connectivity index is 2.93. The van der Waals surface area contributed by atoms with Gasteiger partial charge in [-0.15, -0.1) is 0 Å². The molecule has 1 N–H and O–H groups in total. The highest BCUT2D eigenvalue weighted by Crippen LogP contribution is 2.16. The number of carboxylic acids is 1. The molecule has 2 aromatic rings. The molecule has 0 spiro atoms. The molecule has 0 aliphatic heterocycles. The lowest BCUT2D eigenvalue weighted by molar-refractivity contribution is 0.0685. The molecule has 2 aromatic heterocycles. The second-order valence-electron chi connectivity index (χ2n) is 4.78. The smallest absolute Gasteiger partial charge is 0.352 e. The molecule has 0 amide bonds. The van der Waals surface area contributed by atoms with Gasteiger partial charge in [-0.2, -0.15) is 0 Å². The summed E-state index contributed by atoms with van der Waals surface area (Å²) in [5, 5.41) is 9.52. The van der Waals surface area contributed by atoms with E-state index in [0.717, 1.165) is 17.4 Å². The first kappa shape index (κ1) is 14.1. The van der Waals surface area contributed by atoms with Crippen molar-refractivity contribution in [3.8, 4) is 0 Å². The molecular formula is C13H17N3O4. The quantitative estimate of drug-likeness (QED) is 0.884. The zero-order valence-electron chi connectivity index (χ0n) is 11.7. The van der Waals surface area contributed by atoms with Crippen molar-refractivity contribution in [2.24, 2.45) is 14.1 Å². The predicted octanol–water partition coefficient (Wildman–Crippen LogP) is 0.537. The maximum atomic E-state index is 12.1. The molecule has 0 saturated heterocycles. The minimum Gasteiger partial charge on any atom is -0.477 e. The van der Waals surface area contributed by atoms with Gasteiger partial charge in [-0.3, -0.25) is 13.9 Å². The van der Waals surface area contributed by atoms with Gasteiger partial charge in [-0.25, -0.2) is 9.59 Å². The van der Waals surface area contributed by atoms with Crippen LogP contribution in [0.25, 0.3) is 11.0 Å². The third-order valence-corrected chi connectivity index (χ3v) is 3.45. The number of carboxylic acid groups (broad SMARTS) is 1. The first-order chi connectivity index (χ1) is 9.40. The average Bonchev–Trinajstić information content (AvgIpc) is 2.80. The molecule has 20 heavy (non-hydrogen) atoms. The van der Waals surface area contributed by atoms with E-state index in [-0.39, 0.29) is 11.1 Å². The summed E-state index contributed by atoms with van der Waals surface area (Å²) >= 11 is 0. The standard InChI is InChI=1S/C13H17N3O4/c1-4-5-6-16-9(12(18)19)7-8-10(16)14(2)13(20)15(3)11(8)17/h7H,4-6H2,1-3H3,(H,18,19). The van der Waals surface area contributed by atoms with Crippen molar-refractivity contribution in [3.63, 3.8) is 0 Å². The minimum absolute atomic E-state index is 0.0340. The van der Waals surface area contributed by atoms with E-state index in [1.54, 1.807) is 0 Å². The number of fused-ring (bicyclic) bond motifs is 1. The molecule has 0 aliphatic carbocycles. The third-order valence-electron chi connectivity index (χ3n) is 3.45. The number of hydrogen-bond donors (Lipinski definition) is 1. The number of rotatable bonds is 4. The number of aryl methyl sites for hydroxylation is 2. The number of nitrogens with zero attached hydrogens (tertiary/aromatic N) is 3. The van der Waals surface area contributed by atoms with E-state index >= 15 is 0 Å². The van der Waals surface area contributed by atoms with E-state index in [1.165, 1.54) is 29.3 Å². The van der Waals surface area contributed by atoms with Crippen molar-refractivity contribution >= 4 is 17.0 Å². The van der Waals surface area contributed by atoms with Crippen molar-refractivity contribution in [3.05, 3.63) is 32.6 Å². The largest absolute Gasteiger partial charge is 0.477 e. The van der Waals surface area contributed by atoms with Crippen LogP contribution in [0.1, 0.15) is 30.3 Å². The van der Waals surface area contributed by atoms with Crippen LogP contribution in [0.15, 0.2) is 15.7 Å². The molecular weight excluding hydrogens is 262 g/mol. The first-order valence-electron chi connectivity index (χ1n) is 6.42. The Morgan fingerprint density at radius 2 is 1.90 bits per heavy atom. The maximum Gasteiger partial charge on any atom is 0.352 e. The summed E-state index contributed by atoms with van der Waals surface area (Å²) < 4.78 is 3.83. The Kier molecular flexibility index (Phi) is 3.52. The molecule has 2 rings (SSSR count). The van der Waals surface area contributed by atoms with Crippen LogP contribution in [0.4, 0.5) is 0 Å². The predicted molar refractivity (Wildman–Crippen MR) is 74.3 cm³/mol. The van der Waals surface area contributed by atoms with E-state index < -0.39 is 17.2 Å². The summed E-state index contributed by atoms with van der Waals surface area (Å²) in [5.74, 6) is -1.10. The van der Waals surface area contributed by atoms with Crippen LogP contribution >= 0.6 is 0 Å². The lowest BCUT2D eigenvalue weighted by Gasteiger charge is -2.10. The summed E-state index contributed by atoms with van der Waals surface area (Å²) in [6.45, 7) is 2.45. The molecule has 0 aliphatic rings. The van der Waals surface area contributed by atoms with Gasteiger partial charge in [0.1, 0.15) is 11.3 Å². The van der Waals surface area contributed by atoms with Gasteiger partial charge in [-0.1, -0.05) is 13.3 Å². The van der Waals surface area contributed by atoms with E-state index in [0.29, 0.717) is 12.2 Å². The summed E-state index contributed by atoms with van der Waals surface area (Å²) in [6.07, 6.45) is 1.66. The van der Waals surface area contributed by atoms with Crippen molar-refractivity contribution < 1.29 is 9.90 Å². The zero-order valence-corrected chi connectivity index (χ0v) is 11.7. The molecule has 2 heterocycles. The van der Waals surface area contributed by atoms with Gasteiger partial charge in [-0.05, 0) is 12.5 Å². The van der Waals surface area contributed by atoms with Crippen molar-refractivity contribution in [2.45, 2.75) is 26.3 Å². The van der Waals surface area contributed by atoms with Crippen LogP contribution in [0.3, 0.4) is 0 Å². The highest BCUT2D eigenvalue weighted by atomic mass is 16.4. The molecule has 0 unspecified atom stereocenters. The fraction of sp³-hybridized carbons (Fsp3) is 0.462. The fourth-order valence-electron chi connectivity index (χ4n) is 2.36. The molecule has 0 atom stereocenters. The van der Waals surface area contributed by atoms with Gasteiger partial charge in [0.15, 0.2) is 0 Å². The van der Waals surface area contributed by atoms with Crippen LogP contribution in [0.2, 0.25) is 0 Å². The number of carbonyl (C=O) groups is 1. The van der Waals surface area contributed by atoms with Crippen LogP contribution in [0, 0.1) is 0 Å². The average molecular weight is 279 g/mol. The normalized spacial score (nSPS) is 11.2. The van der Waals surface area contributed by atoms with Gasteiger partial charge in [0.25, 0.3) is 5.56 Å². The van der Waals surface area contributed by atoms with E-state index in [2.05, 4.69) is 0 Å². The van der Waals surface area contributed by atoms with Gasteiger partial charge < -0.3 is 9.67 Å². The van der Waals surface area contributed by atoms with Crippen LogP contribution in [-0.2, 0) is 20.6 Å². The third kappa shape index (κ3) is 1.95. The van der Waals surface area contributed by atoms with Crippen molar-refractivity contribution in [1.82, 2.24) is 13.7 Å². The lowest BCUT2D eigenvalue weighted by atomic mass is 10.3. The Hall–Kier alpha value is -2.31. The summed E-state index contributed by atoms with van der Waals surface area (Å²) in [7, 11) is 2.92. The fourth-order valence-corrected chi connectivity index (χ4v) is 2.36. The molecule has 7 nitrogen and oxygen atoms in total. The van der Waals surface area contributed by atoms with Crippen molar-refractivity contribution in [1.29, 1.82) is 0 Å². The highest BCUT2D eigenvalue weighted by molar-refractivity contribution is 5.93. The summed E-state index contributed by atoms with van der Waals surface area (Å²) in [5.41, 5.74) is -0.535. The molecule has 108 valence electrons. The van der Waals surface area contributed by atoms with Crippen LogP contribution in [0.5, 0.6) is 0 Å². The van der Waals surface area contributed by atoms with Gasteiger partial charge >= 0.3 is 11.7 Å². The van der Waals surface area contributed by atoms with Crippen molar-refractivity contribution in [2.75, 3.05) is 0 Å². The van der Waals surface area contributed by atoms with E-state index in [4.69, 9.17) is 0 Å². The first-order valence-corrected chi connectivity index (χ1v) is 6.42. The number of unbranched alkanes of at least 4 members (excludes halogenated alkanes) is 1. The Morgan fingerprint density at radius 3 is 2.45 bits per heavy atom. The second-order valence-corrected chi connectivity index (χ2v) is 4.78. The molecule has 0 bridgehead atoms. The van der Waals surface area contributed by atoms with E-state index in [1.807, 2.05) is 6.92 Å². The van der Waals surface area contributed by atoms with Gasteiger partial charge in [0.05, 0.1) is 5.39 Å². The van der Waals surface area contributed by atoms with Gasteiger partial charge in [0, 0.05) is 20.6 Å². The summed E-state index contributed by atoms with van der Waals surface area (Å²) in [4.78, 5) is 35.4. The molecule has 0 radical (unpaired) electrons. The number of aromatic carboxylic acids is 1. The molecule has 0 saturated carbocycles. The summed E-state index contributed by atoms with van der Waals surface area (Å²) in [6, 6.07) is 1.34. The van der Waals surface area contributed by atoms with E-state index in [9.17, 15) is 19.5 Å². The Bertz CT molecular complexity index is 795. The highest BCUT2D eigenvalue weighted by Gasteiger charge is 2.20. The lowest BCUT2D eigenvalue weighted by Crippen LogP contribution is -2.37. The zero-order chi connectivity index (χ0) is 15.0. The van der Waals surface area contributed by atoms with Crippen LogP contribution in [-0.4, -0.2) is 24.8 Å². The minimum atomic E-state index is -1.10. The Morgan fingerprint density at radius 1 is 1.25 bits per heavy atom. The molecule has 7 heteroatoms. The van der Waals surface area contributed by atoms with Gasteiger partial charge in [0.2, 0.25) is 0 Å². The number of hydrogen-bond acceptors (Lipinski definition) is 3.